The average molecular weight is 457 g/mol. The molecule has 0 fully saturated rings. The summed E-state index contributed by atoms with van der Waals surface area (Å²) in [7, 11) is 0. The van der Waals surface area contributed by atoms with Crippen molar-refractivity contribution in [3.8, 4) is 0 Å². The number of aliphatic hydroxyl groups is 1. The number of amides is 1. The maximum Gasteiger partial charge on any atom is 0.286 e. The van der Waals surface area contributed by atoms with E-state index in [9.17, 15) is 4.79 Å². The zero-order valence-corrected chi connectivity index (χ0v) is 18.6. The van der Waals surface area contributed by atoms with Crippen LogP contribution in [0.15, 0.2) is 59.8 Å². The van der Waals surface area contributed by atoms with Crippen LogP contribution in [0.3, 0.4) is 0 Å². The number of H-pyrrole nitrogens is 1. The van der Waals surface area contributed by atoms with Crippen molar-refractivity contribution in [2.75, 3.05) is 33.0 Å². The number of hydrogen-bond donors (Lipinski definition) is 3. The Morgan fingerprint density at radius 2 is 2.12 bits per heavy atom. The van der Waals surface area contributed by atoms with E-state index in [1.807, 2.05) is 41.9 Å². The van der Waals surface area contributed by atoms with Gasteiger partial charge < -0.3 is 29.6 Å². The predicted molar refractivity (Wildman–Crippen MR) is 124 cm³/mol. The monoisotopic (exact) mass is 456 g/mol. The van der Waals surface area contributed by atoms with Gasteiger partial charge in [0.15, 0.2) is 5.76 Å². The van der Waals surface area contributed by atoms with Crippen LogP contribution in [0.2, 0.25) is 0 Å². The van der Waals surface area contributed by atoms with Gasteiger partial charge in [0.05, 0.1) is 26.4 Å². The lowest BCUT2D eigenvalue weighted by atomic mass is 9.99. The molecular formula is C24H28N2O5S. The number of thiophene rings is 1. The molecule has 3 N–H and O–H groups in total. The van der Waals surface area contributed by atoms with Crippen LogP contribution in [0, 0.1) is 0 Å². The molecule has 170 valence electrons. The van der Waals surface area contributed by atoms with Crippen molar-refractivity contribution >= 4 is 28.1 Å². The molecule has 4 rings (SSSR count). The first-order chi connectivity index (χ1) is 15.7. The number of para-hydroxylation sites is 1. The van der Waals surface area contributed by atoms with E-state index in [-0.39, 0.29) is 30.8 Å². The first-order valence-corrected chi connectivity index (χ1v) is 11.7. The van der Waals surface area contributed by atoms with Crippen molar-refractivity contribution in [2.45, 2.75) is 25.0 Å². The lowest BCUT2D eigenvalue weighted by molar-refractivity contribution is -0.151. The molecule has 0 spiro atoms. The molecule has 32 heavy (non-hydrogen) atoms. The molecule has 2 aromatic heterocycles. The van der Waals surface area contributed by atoms with Gasteiger partial charge in [0.2, 0.25) is 6.29 Å². The Morgan fingerprint density at radius 1 is 1.22 bits per heavy atom. The van der Waals surface area contributed by atoms with Crippen LogP contribution in [0.1, 0.15) is 22.8 Å². The van der Waals surface area contributed by atoms with Gasteiger partial charge in [0, 0.05) is 40.9 Å². The molecule has 1 aliphatic heterocycles. The number of ether oxygens (including phenoxy) is 3. The molecule has 7 nitrogen and oxygen atoms in total. The number of carbonyl (C=O) groups excluding carboxylic acids is 1. The second kappa shape index (κ2) is 11.3. The van der Waals surface area contributed by atoms with Crippen LogP contribution in [-0.2, 0) is 25.4 Å². The number of allylic oxidation sites excluding steroid dienone is 1. The van der Waals surface area contributed by atoms with E-state index >= 15 is 0 Å². The lowest BCUT2D eigenvalue weighted by Crippen LogP contribution is -2.34. The standard InChI is InChI=1S/C24H28N2O5S/c27-9-10-29-11-12-30-23-15-18(22-6-3-13-32-22)14-21(31-23)24(28)25-8-7-17-16-26-20-5-2-1-4-19(17)20/h1-6,13-14,16,18,23,26-27H,7-12,15H2,(H,25,28)/t18-,23+/m1/s1. The number of aromatic amines is 1. The first-order valence-electron chi connectivity index (χ1n) is 10.8. The summed E-state index contributed by atoms with van der Waals surface area (Å²) in [5, 5.41) is 15.0. The normalized spacial score (nSPS) is 18.3. The van der Waals surface area contributed by atoms with Crippen LogP contribution < -0.4 is 5.32 Å². The van der Waals surface area contributed by atoms with Crippen molar-refractivity contribution < 1.29 is 24.1 Å². The van der Waals surface area contributed by atoms with E-state index in [1.54, 1.807) is 11.3 Å². The molecule has 0 radical (unpaired) electrons. The number of carbonyl (C=O) groups is 1. The number of benzene rings is 1. The fourth-order valence-electron chi connectivity index (χ4n) is 3.76. The van der Waals surface area contributed by atoms with Gasteiger partial charge in [0.1, 0.15) is 0 Å². The molecule has 0 unspecified atom stereocenters. The summed E-state index contributed by atoms with van der Waals surface area (Å²) in [6.07, 6.45) is 4.70. The van der Waals surface area contributed by atoms with E-state index in [4.69, 9.17) is 19.3 Å². The summed E-state index contributed by atoms with van der Waals surface area (Å²) in [5.41, 5.74) is 2.26. The molecule has 2 atom stereocenters. The third-order valence-corrected chi connectivity index (χ3v) is 6.32. The summed E-state index contributed by atoms with van der Waals surface area (Å²) in [6.45, 7) is 1.45. The van der Waals surface area contributed by atoms with Gasteiger partial charge in [-0.15, -0.1) is 11.3 Å². The SMILES string of the molecule is O=C(NCCc1c[nH]c2ccccc12)C1=C[C@@H](c2cccs2)C[C@@H](OCCOCCO)O1. The van der Waals surface area contributed by atoms with Crippen LogP contribution in [-0.4, -0.2) is 55.3 Å². The Hall–Kier alpha value is -2.65. The van der Waals surface area contributed by atoms with Crippen molar-refractivity contribution in [1.82, 2.24) is 10.3 Å². The highest BCUT2D eigenvalue weighted by atomic mass is 32.1. The fraction of sp³-hybridized carbons (Fsp3) is 0.375. The molecule has 3 aromatic rings. The minimum absolute atomic E-state index is 0.0218. The largest absolute Gasteiger partial charge is 0.459 e. The second-order valence-corrected chi connectivity index (χ2v) is 8.49. The molecule has 0 bridgehead atoms. The Balaban J connectivity index is 1.35. The second-order valence-electron chi connectivity index (χ2n) is 7.51. The minimum atomic E-state index is -0.529. The van der Waals surface area contributed by atoms with E-state index < -0.39 is 6.29 Å². The average Bonchev–Trinajstić information content (AvgIpc) is 3.49. The summed E-state index contributed by atoms with van der Waals surface area (Å²) in [6, 6.07) is 12.2. The zero-order valence-electron chi connectivity index (χ0n) is 17.8. The minimum Gasteiger partial charge on any atom is -0.459 e. The summed E-state index contributed by atoms with van der Waals surface area (Å²) in [5.74, 6) is 0.104. The van der Waals surface area contributed by atoms with Gasteiger partial charge in [0.25, 0.3) is 5.91 Å². The van der Waals surface area contributed by atoms with Crippen molar-refractivity contribution in [2.24, 2.45) is 0 Å². The molecular weight excluding hydrogens is 428 g/mol. The van der Waals surface area contributed by atoms with Crippen molar-refractivity contribution in [3.63, 3.8) is 0 Å². The van der Waals surface area contributed by atoms with E-state index in [1.165, 1.54) is 15.8 Å². The van der Waals surface area contributed by atoms with Gasteiger partial charge in [-0.05, 0) is 35.6 Å². The first kappa shape index (κ1) is 22.5. The number of aromatic nitrogens is 1. The number of rotatable bonds is 11. The van der Waals surface area contributed by atoms with Gasteiger partial charge in [-0.1, -0.05) is 24.3 Å². The Labute approximate surface area is 191 Å². The van der Waals surface area contributed by atoms with Crippen molar-refractivity contribution in [1.29, 1.82) is 0 Å². The van der Waals surface area contributed by atoms with Gasteiger partial charge in [-0.25, -0.2) is 0 Å². The maximum absolute atomic E-state index is 12.8. The topological polar surface area (TPSA) is 92.8 Å². The smallest absolute Gasteiger partial charge is 0.286 e. The van der Waals surface area contributed by atoms with E-state index in [2.05, 4.69) is 22.4 Å². The van der Waals surface area contributed by atoms with Gasteiger partial charge in [-0.3, -0.25) is 4.79 Å². The molecule has 0 saturated carbocycles. The van der Waals surface area contributed by atoms with E-state index in [0.717, 1.165) is 11.9 Å². The van der Waals surface area contributed by atoms with Crippen LogP contribution in [0.5, 0.6) is 0 Å². The highest BCUT2D eigenvalue weighted by Gasteiger charge is 2.29. The summed E-state index contributed by atoms with van der Waals surface area (Å²) >= 11 is 1.65. The number of hydrogen-bond acceptors (Lipinski definition) is 6. The fourth-order valence-corrected chi connectivity index (χ4v) is 4.57. The molecule has 1 amide bonds. The number of nitrogens with one attached hydrogen (secondary N) is 2. The third kappa shape index (κ3) is 5.77. The summed E-state index contributed by atoms with van der Waals surface area (Å²) in [4.78, 5) is 17.3. The molecule has 0 saturated heterocycles. The predicted octanol–water partition coefficient (Wildman–Crippen LogP) is 3.33. The van der Waals surface area contributed by atoms with Crippen molar-refractivity contribution in [3.05, 3.63) is 70.3 Å². The number of aliphatic hydroxyl groups excluding tert-OH is 1. The summed E-state index contributed by atoms with van der Waals surface area (Å²) < 4.78 is 16.9. The quantitative estimate of drug-likeness (QED) is 0.385. The van der Waals surface area contributed by atoms with Crippen LogP contribution in [0.25, 0.3) is 10.9 Å². The highest BCUT2D eigenvalue weighted by molar-refractivity contribution is 7.10. The molecule has 8 heteroatoms. The zero-order chi connectivity index (χ0) is 22.2. The Morgan fingerprint density at radius 3 is 2.97 bits per heavy atom. The van der Waals surface area contributed by atoms with Crippen LogP contribution in [0.4, 0.5) is 0 Å². The van der Waals surface area contributed by atoms with Crippen LogP contribution >= 0.6 is 11.3 Å². The van der Waals surface area contributed by atoms with Gasteiger partial charge in [-0.2, -0.15) is 0 Å². The number of fused-ring (bicyclic) bond motifs is 1. The molecule has 1 aromatic carbocycles. The lowest BCUT2D eigenvalue weighted by Gasteiger charge is -2.28. The molecule has 0 aliphatic carbocycles. The van der Waals surface area contributed by atoms with E-state index in [0.29, 0.717) is 26.2 Å². The Kier molecular flexibility index (Phi) is 7.95. The third-order valence-electron chi connectivity index (χ3n) is 5.31. The molecule has 1 aliphatic rings. The van der Waals surface area contributed by atoms with Gasteiger partial charge >= 0.3 is 0 Å². The molecule has 3 heterocycles. The maximum atomic E-state index is 12.8. The Bertz CT molecular complexity index is 1030. The highest BCUT2D eigenvalue weighted by Crippen LogP contribution is 2.33.